The zero-order chi connectivity index (χ0) is 14.5. The molecule has 0 fully saturated rings. The Labute approximate surface area is 113 Å². The minimum absolute atomic E-state index is 0.187. The molecule has 0 spiro atoms. The van der Waals surface area contributed by atoms with E-state index in [-0.39, 0.29) is 11.3 Å². The maximum Gasteiger partial charge on any atom is 0.346 e. The summed E-state index contributed by atoms with van der Waals surface area (Å²) in [5, 5.41) is 23.1. The maximum absolute atomic E-state index is 12.1. The normalized spacial score (nSPS) is 20.6. The Morgan fingerprint density at radius 1 is 1.25 bits per heavy atom. The third-order valence-corrected chi connectivity index (χ3v) is 3.31. The number of para-hydroxylation sites is 1. The number of aromatic hydroxyl groups is 1. The molecule has 2 aromatic rings. The number of nitrogens with one attached hydrogen (secondary N) is 1. The Bertz CT molecular complexity index is 779. The first-order valence-corrected chi connectivity index (χ1v) is 5.92. The first-order valence-electron chi connectivity index (χ1n) is 5.92. The van der Waals surface area contributed by atoms with Crippen molar-refractivity contribution in [2.45, 2.75) is 12.5 Å². The van der Waals surface area contributed by atoms with Gasteiger partial charge in [-0.3, -0.25) is 4.79 Å². The Hall–Kier alpha value is -2.60. The topological polar surface area (TPSA) is 99.8 Å². The molecular weight excluding hydrogens is 262 g/mol. The Morgan fingerprint density at radius 3 is 2.65 bits per heavy atom. The average molecular weight is 273 g/mol. The zero-order valence-corrected chi connectivity index (χ0v) is 10.5. The second-order valence-electron chi connectivity index (χ2n) is 4.61. The Kier molecular flexibility index (Phi) is 2.45. The van der Waals surface area contributed by atoms with Gasteiger partial charge in [0.15, 0.2) is 0 Å². The highest BCUT2D eigenvalue weighted by atomic mass is 16.4. The van der Waals surface area contributed by atoms with Crippen LogP contribution in [0.2, 0.25) is 0 Å². The molecule has 0 bridgehead atoms. The molecule has 1 aliphatic rings. The second kappa shape index (κ2) is 3.94. The van der Waals surface area contributed by atoms with Crippen molar-refractivity contribution in [2.24, 2.45) is 0 Å². The van der Waals surface area contributed by atoms with Gasteiger partial charge in [-0.15, -0.1) is 0 Å². The van der Waals surface area contributed by atoms with E-state index in [9.17, 15) is 19.8 Å². The van der Waals surface area contributed by atoms with Gasteiger partial charge in [0.1, 0.15) is 17.1 Å². The van der Waals surface area contributed by atoms with Crippen molar-refractivity contribution < 1.29 is 19.4 Å². The maximum atomic E-state index is 12.1. The third kappa shape index (κ3) is 1.48. The fourth-order valence-electron chi connectivity index (χ4n) is 2.42. The molecule has 1 aromatic carbocycles. The van der Waals surface area contributed by atoms with E-state index in [2.05, 4.69) is 5.32 Å². The van der Waals surface area contributed by atoms with E-state index in [0.717, 1.165) is 0 Å². The van der Waals surface area contributed by atoms with E-state index in [1.54, 1.807) is 18.2 Å². The van der Waals surface area contributed by atoms with Crippen LogP contribution in [0.5, 0.6) is 5.75 Å². The molecule has 0 saturated carbocycles. The second-order valence-corrected chi connectivity index (χ2v) is 4.61. The molecule has 0 aliphatic carbocycles. The van der Waals surface area contributed by atoms with Crippen LogP contribution in [0.25, 0.3) is 0 Å². The van der Waals surface area contributed by atoms with Crippen molar-refractivity contribution in [3.05, 3.63) is 57.6 Å². The van der Waals surface area contributed by atoms with Gasteiger partial charge in [-0.2, -0.15) is 0 Å². The van der Waals surface area contributed by atoms with Crippen LogP contribution in [0, 0.1) is 6.92 Å². The predicted octanol–water partition coefficient (Wildman–Crippen LogP) is 0.842. The van der Waals surface area contributed by atoms with E-state index in [1.165, 1.54) is 19.1 Å². The van der Waals surface area contributed by atoms with Crippen molar-refractivity contribution >= 4 is 11.6 Å². The average Bonchev–Trinajstić information content (AvgIpc) is 2.61. The number of aliphatic hydroxyl groups is 1. The molecule has 20 heavy (non-hydrogen) atoms. The monoisotopic (exact) mass is 273 g/mol. The number of benzene rings is 1. The predicted molar refractivity (Wildman–Crippen MR) is 69.5 cm³/mol. The molecule has 1 atom stereocenters. The van der Waals surface area contributed by atoms with Crippen molar-refractivity contribution in [3.63, 3.8) is 0 Å². The summed E-state index contributed by atoms with van der Waals surface area (Å²) in [5.74, 6) is -1.09. The lowest BCUT2D eigenvalue weighted by atomic mass is 9.88. The summed E-state index contributed by atoms with van der Waals surface area (Å²) >= 11 is 0. The minimum Gasteiger partial charge on any atom is -0.507 e. The molecule has 3 N–H and O–H groups in total. The molecular formula is C14H11NO5. The van der Waals surface area contributed by atoms with Gasteiger partial charge in [-0.05, 0) is 13.0 Å². The third-order valence-electron chi connectivity index (χ3n) is 3.31. The van der Waals surface area contributed by atoms with Crippen LogP contribution in [0.4, 0.5) is 5.69 Å². The van der Waals surface area contributed by atoms with Crippen LogP contribution in [0.15, 0.2) is 39.5 Å². The highest BCUT2D eigenvalue weighted by Gasteiger charge is 2.50. The number of aryl methyl sites for hydroxylation is 1. The molecule has 1 aliphatic heterocycles. The first kappa shape index (κ1) is 12.4. The summed E-state index contributed by atoms with van der Waals surface area (Å²) in [7, 11) is 0. The number of amides is 1. The van der Waals surface area contributed by atoms with Gasteiger partial charge in [0.05, 0.1) is 0 Å². The number of carbonyl (C=O) groups excluding carboxylic acids is 1. The largest absolute Gasteiger partial charge is 0.507 e. The number of carbonyl (C=O) groups is 1. The fourth-order valence-corrected chi connectivity index (χ4v) is 2.42. The van der Waals surface area contributed by atoms with E-state index < -0.39 is 28.4 Å². The first-order chi connectivity index (χ1) is 9.44. The highest BCUT2D eigenvalue weighted by Crippen LogP contribution is 2.42. The van der Waals surface area contributed by atoms with Crippen LogP contribution < -0.4 is 10.9 Å². The van der Waals surface area contributed by atoms with Crippen LogP contribution in [0.3, 0.4) is 0 Å². The van der Waals surface area contributed by atoms with E-state index in [4.69, 9.17) is 4.42 Å². The van der Waals surface area contributed by atoms with Gasteiger partial charge >= 0.3 is 5.63 Å². The molecule has 1 unspecified atom stereocenters. The molecule has 102 valence electrons. The van der Waals surface area contributed by atoms with E-state index in [0.29, 0.717) is 5.69 Å². The molecule has 6 heteroatoms. The van der Waals surface area contributed by atoms with Gasteiger partial charge in [0, 0.05) is 17.3 Å². The number of rotatable bonds is 1. The Morgan fingerprint density at radius 2 is 1.95 bits per heavy atom. The zero-order valence-electron chi connectivity index (χ0n) is 10.5. The summed E-state index contributed by atoms with van der Waals surface area (Å²) in [6.45, 7) is 1.48. The number of fused-ring (bicyclic) bond motifs is 1. The summed E-state index contributed by atoms with van der Waals surface area (Å²) in [6.07, 6.45) is 0. The van der Waals surface area contributed by atoms with Crippen LogP contribution >= 0.6 is 0 Å². The van der Waals surface area contributed by atoms with Crippen LogP contribution in [0.1, 0.15) is 16.9 Å². The van der Waals surface area contributed by atoms with Crippen molar-refractivity contribution in [3.8, 4) is 5.75 Å². The van der Waals surface area contributed by atoms with Crippen LogP contribution in [-0.2, 0) is 10.4 Å². The van der Waals surface area contributed by atoms with Crippen molar-refractivity contribution in [1.29, 1.82) is 0 Å². The molecule has 3 rings (SSSR count). The molecule has 2 heterocycles. The smallest absolute Gasteiger partial charge is 0.346 e. The van der Waals surface area contributed by atoms with Gasteiger partial charge < -0.3 is 19.9 Å². The summed E-state index contributed by atoms with van der Waals surface area (Å²) in [4.78, 5) is 24.0. The molecule has 1 aromatic heterocycles. The summed E-state index contributed by atoms with van der Waals surface area (Å²) < 4.78 is 4.87. The SMILES string of the molecule is Cc1cc(O)c(C2(O)C(=O)Nc3ccccc32)c(=O)o1. The van der Waals surface area contributed by atoms with Gasteiger partial charge in [-0.1, -0.05) is 18.2 Å². The molecule has 6 nitrogen and oxygen atoms in total. The van der Waals surface area contributed by atoms with Gasteiger partial charge in [0.25, 0.3) is 5.91 Å². The fraction of sp³-hybridized carbons (Fsp3) is 0.143. The lowest BCUT2D eigenvalue weighted by Crippen LogP contribution is -2.39. The molecule has 0 radical (unpaired) electrons. The number of hydrogen-bond donors (Lipinski definition) is 3. The highest BCUT2D eigenvalue weighted by molar-refractivity contribution is 6.07. The standard InChI is InChI=1S/C14H11NO5/c1-7-6-10(16)11(12(17)20-7)14(19)8-4-2-3-5-9(8)15-13(14)18/h2-6,16,19H,1H3,(H,15,18). The van der Waals surface area contributed by atoms with Gasteiger partial charge in [0.2, 0.25) is 5.60 Å². The van der Waals surface area contributed by atoms with Crippen molar-refractivity contribution in [1.82, 2.24) is 0 Å². The molecule has 0 saturated heterocycles. The number of hydrogen-bond acceptors (Lipinski definition) is 5. The van der Waals surface area contributed by atoms with E-state index >= 15 is 0 Å². The summed E-state index contributed by atoms with van der Waals surface area (Å²) in [6, 6.07) is 7.59. The van der Waals surface area contributed by atoms with Gasteiger partial charge in [-0.25, -0.2) is 4.79 Å². The Balaban J connectivity index is 2.34. The quantitative estimate of drug-likeness (QED) is 0.715. The lowest BCUT2D eigenvalue weighted by molar-refractivity contribution is -0.130. The van der Waals surface area contributed by atoms with Crippen molar-refractivity contribution in [2.75, 3.05) is 5.32 Å². The minimum atomic E-state index is -2.26. The van der Waals surface area contributed by atoms with Crippen LogP contribution in [-0.4, -0.2) is 16.1 Å². The summed E-state index contributed by atoms with van der Waals surface area (Å²) in [5.41, 5.74) is -3.09. The lowest BCUT2D eigenvalue weighted by Gasteiger charge is -2.20. The number of anilines is 1. The van der Waals surface area contributed by atoms with E-state index in [1.807, 2.05) is 0 Å². The molecule has 1 amide bonds.